The summed E-state index contributed by atoms with van der Waals surface area (Å²) in [6.07, 6.45) is 0. The standard InChI is InChI=1S/C17H18FNOS/c1-4-19-16(12-7-10(2)21-9-12)17-11(3)14-8-13(18)5-6-15(14)20-17/h5-9,16,19H,4H2,1-3H3. The van der Waals surface area contributed by atoms with Crippen molar-refractivity contribution in [3.05, 3.63) is 57.2 Å². The van der Waals surface area contributed by atoms with Crippen LogP contribution in [-0.4, -0.2) is 6.54 Å². The Morgan fingerprint density at radius 3 is 2.76 bits per heavy atom. The van der Waals surface area contributed by atoms with Gasteiger partial charge in [0.2, 0.25) is 0 Å². The molecular formula is C17H18FNOS. The highest BCUT2D eigenvalue weighted by Crippen LogP contribution is 2.34. The van der Waals surface area contributed by atoms with Crippen molar-refractivity contribution in [1.29, 1.82) is 0 Å². The molecule has 0 spiro atoms. The Kier molecular flexibility index (Phi) is 3.83. The first-order chi connectivity index (χ1) is 10.1. The second-order valence-corrected chi connectivity index (χ2v) is 6.33. The number of benzene rings is 1. The van der Waals surface area contributed by atoms with Crippen LogP contribution in [0.25, 0.3) is 11.0 Å². The lowest BCUT2D eigenvalue weighted by molar-refractivity contribution is 0.474. The van der Waals surface area contributed by atoms with Crippen LogP contribution in [0.15, 0.2) is 34.1 Å². The topological polar surface area (TPSA) is 25.2 Å². The highest BCUT2D eigenvalue weighted by atomic mass is 32.1. The molecule has 1 unspecified atom stereocenters. The molecule has 4 heteroatoms. The van der Waals surface area contributed by atoms with Gasteiger partial charge in [0.05, 0.1) is 6.04 Å². The molecular weight excluding hydrogens is 285 g/mol. The number of hydrogen-bond acceptors (Lipinski definition) is 3. The normalized spacial score (nSPS) is 13.0. The Morgan fingerprint density at radius 2 is 2.10 bits per heavy atom. The van der Waals surface area contributed by atoms with Crippen LogP contribution in [0.1, 0.15) is 34.7 Å². The molecule has 1 aromatic carbocycles. The molecule has 2 heterocycles. The van der Waals surface area contributed by atoms with Crippen molar-refractivity contribution >= 4 is 22.3 Å². The van der Waals surface area contributed by atoms with Gasteiger partial charge in [-0.1, -0.05) is 6.92 Å². The molecule has 1 N–H and O–H groups in total. The average Bonchev–Trinajstić information content (AvgIpc) is 3.02. The molecule has 1 atom stereocenters. The fraction of sp³-hybridized carbons (Fsp3) is 0.294. The molecule has 0 aliphatic carbocycles. The van der Waals surface area contributed by atoms with Gasteiger partial charge in [0, 0.05) is 15.8 Å². The Morgan fingerprint density at radius 1 is 1.29 bits per heavy atom. The third kappa shape index (κ3) is 2.61. The minimum Gasteiger partial charge on any atom is -0.459 e. The minimum absolute atomic E-state index is 0.00964. The van der Waals surface area contributed by atoms with E-state index in [0.717, 1.165) is 28.8 Å². The zero-order chi connectivity index (χ0) is 15.0. The lowest BCUT2D eigenvalue weighted by atomic mass is 10.0. The Balaban J connectivity index is 2.13. The number of fused-ring (bicyclic) bond motifs is 1. The van der Waals surface area contributed by atoms with Gasteiger partial charge in [-0.2, -0.15) is 0 Å². The maximum absolute atomic E-state index is 13.4. The van der Waals surface area contributed by atoms with E-state index in [1.165, 1.54) is 16.5 Å². The molecule has 0 aliphatic rings. The number of halogens is 1. The van der Waals surface area contributed by atoms with E-state index in [9.17, 15) is 4.39 Å². The largest absolute Gasteiger partial charge is 0.459 e. The number of thiophene rings is 1. The summed E-state index contributed by atoms with van der Waals surface area (Å²) in [7, 11) is 0. The van der Waals surface area contributed by atoms with E-state index in [4.69, 9.17) is 4.42 Å². The molecule has 0 fully saturated rings. The average molecular weight is 303 g/mol. The summed E-state index contributed by atoms with van der Waals surface area (Å²) >= 11 is 1.73. The number of furan rings is 1. The van der Waals surface area contributed by atoms with Crippen molar-refractivity contribution in [3.8, 4) is 0 Å². The van der Waals surface area contributed by atoms with E-state index in [-0.39, 0.29) is 11.9 Å². The smallest absolute Gasteiger partial charge is 0.134 e. The van der Waals surface area contributed by atoms with Gasteiger partial charge in [-0.05, 0) is 55.6 Å². The van der Waals surface area contributed by atoms with Crippen LogP contribution in [-0.2, 0) is 0 Å². The van der Waals surface area contributed by atoms with E-state index in [0.29, 0.717) is 0 Å². The Bertz CT molecular complexity index is 774. The lowest BCUT2D eigenvalue weighted by Crippen LogP contribution is -2.21. The molecule has 0 amide bonds. The van der Waals surface area contributed by atoms with Crippen LogP contribution in [0.3, 0.4) is 0 Å². The SMILES string of the molecule is CCNC(c1csc(C)c1)c1oc2ccc(F)cc2c1C. The van der Waals surface area contributed by atoms with Crippen molar-refractivity contribution in [2.24, 2.45) is 0 Å². The molecule has 0 bridgehead atoms. The highest BCUT2D eigenvalue weighted by Gasteiger charge is 2.22. The number of hydrogen-bond donors (Lipinski definition) is 1. The number of aryl methyl sites for hydroxylation is 2. The van der Waals surface area contributed by atoms with E-state index < -0.39 is 0 Å². The molecule has 3 rings (SSSR count). The molecule has 110 valence electrons. The van der Waals surface area contributed by atoms with Crippen LogP contribution < -0.4 is 5.32 Å². The van der Waals surface area contributed by atoms with Crippen molar-refractivity contribution in [2.75, 3.05) is 6.54 Å². The molecule has 0 radical (unpaired) electrons. The third-order valence-corrected chi connectivity index (χ3v) is 4.57. The molecule has 0 aliphatic heterocycles. The predicted octanol–water partition coefficient (Wildman–Crippen LogP) is 4.95. The van der Waals surface area contributed by atoms with Gasteiger partial charge in [-0.15, -0.1) is 11.3 Å². The molecule has 21 heavy (non-hydrogen) atoms. The molecule has 3 aromatic rings. The highest BCUT2D eigenvalue weighted by molar-refractivity contribution is 7.10. The van der Waals surface area contributed by atoms with Crippen LogP contribution in [0.2, 0.25) is 0 Å². The predicted molar refractivity (Wildman–Crippen MR) is 85.5 cm³/mol. The maximum Gasteiger partial charge on any atom is 0.134 e. The zero-order valence-corrected chi connectivity index (χ0v) is 13.2. The van der Waals surface area contributed by atoms with Crippen LogP contribution in [0, 0.1) is 19.7 Å². The fourth-order valence-corrected chi connectivity index (χ4v) is 3.40. The molecule has 2 aromatic heterocycles. The van der Waals surface area contributed by atoms with Gasteiger partial charge >= 0.3 is 0 Å². The van der Waals surface area contributed by atoms with Crippen molar-refractivity contribution in [3.63, 3.8) is 0 Å². The van der Waals surface area contributed by atoms with E-state index in [2.05, 4.69) is 30.6 Å². The summed E-state index contributed by atoms with van der Waals surface area (Å²) in [5, 5.41) is 6.46. The van der Waals surface area contributed by atoms with Gasteiger partial charge in [0.15, 0.2) is 0 Å². The van der Waals surface area contributed by atoms with Crippen molar-refractivity contribution in [2.45, 2.75) is 26.8 Å². The summed E-state index contributed by atoms with van der Waals surface area (Å²) in [4.78, 5) is 1.27. The fourth-order valence-electron chi connectivity index (χ4n) is 2.67. The van der Waals surface area contributed by atoms with E-state index in [1.54, 1.807) is 23.5 Å². The van der Waals surface area contributed by atoms with Crippen LogP contribution in [0.4, 0.5) is 4.39 Å². The number of nitrogens with one attached hydrogen (secondary N) is 1. The van der Waals surface area contributed by atoms with Crippen LogP contribution >= 0.6 is 11.3 Å². The van der Waals surface area contributed by atoms with Gasteiger partial charge in [-0.3, -0.25) is 0 Å². The first-order valence-corrected chi connectivity index (χ1v) is 7.95. The summed E-state index contributed by atoms with van der Waals surface area (Å²) in [5.41, 5.74) is 2.93. The molecule has 0 saturated heterocycles. The monoisotopic (exact) mass is 303 g/mol. The third-order valence-electron chi connectivity index (χ3n) is 3.69. The van der Waals surface area contributed by atoms with Crippen molar-refractivity contribution < 1.29 is 8.81 Å². The Hall–Kier alpha value is -1.65. The second-order valence-electron chi connectivity index (χ2n) is 5.21. The first-order valence-electron chi connectivity index (χ1n) is 7.07. The summed E-state index contributed by atoms with van der Waals surface area (Å²) < 4.78 is 19.5. The van der Waals surface area contributed by atoms with Crippen LogP contribution in [0.5, 0.6) is 0 Å². The molecule has 2 nitrogen and oxygen atoms in total. The minimum atomic E-state index is -0.232. The zero-order valence-electron chi connectivity index (χ0n) is 12.4. The Labute approximate surface area is 127 Å². The maximum atomic E-state index is 13.4. The van der Waals surface area contributed by atoms with Gasteiger partial charge in [0.1, 0.15) is 17.2 Å². The van der Waals surface area contributed by atoms with E-state index in [1.807, 2.05) is 6.92 Å². The van der Waals surface area contributed by atoms with E-state index >= 15 is 0 Å². The summed E-state index contributed by atoms with van der Waals surface area (Å²) in [6, 6.07) is 6.86. The first kappa shape index (κ1) is 14.3. The van der Waals surface area contributed by atoms with Gasteiger partial charge < -0.3 is 9.73 Å². The summed E-state index contributed by atoms with van der Waals surface area (Å²) in [5.74, 6) is 0.638. The van der Waals surface area contributed by atoms with Gasteiger partial charge in [0.25, 0.3) is 0 Å². The number of rotatable bonds is 4. The quantitative estimate of drug-likeness (QED) is 0.738. The second kappa shape index (κ2) is 5.62. The lowest BCUT2D eigenvalue weighted by Gasteiger charge is -2.15. The van der Waals surface area contributed by atoms with Crippen molar-refractivity contribution in [1.82, 2.24) is 5.32 Å². The molecule has 0 saturated carbocycles. The summed E-state index contributed by atoms with van der Waals surface area (Å²) in [6.45, 7) is 7.00. The van der Waals surface area contributed by atoms with Gasteiger partial charge in [-0.25, -0.2) is 4.39 Å².